The average molecular weight is 170 g/mol. The van der Waals surface area contributed by atoms with Crippen LogP contribution in [0.25, 0.3) is 0 Å². The van der Waals surface area contributed by atoms with Gasteiger partial charge in [-0.25, -0.2) is 9.59 Å². The van der Waals surface area contributed by atoms with Gasteiger partial charge in [-0.05, 0) is 13.8 Å². The Hall–Kier alpha value is -1.58. The van der Waals surface area contributed by atoms with E-state index in [0.717, 1.165) is 0 Å². The lowest BCUT2D eigenvalue weighted by Crippen LogP contribution is -1.97. The summed E-state index contributed by atoms with van der Waals surface area (Å²) in [4.78, 5) is 20.5. The van der Waals surface area contributed by atoms with Gasteiger partial charge in [-0.3, -0.25) is 0 Å². The number of rotatable bonds is 3. The summed E-state index contributed by atoms with van der Waals surface area (Å²) in [5.41, 5.74) is 0.214. The fourth-order valence-corrected chi connectivity index (χ4v) is 0.393. The van der Waals surface area contributed by atoms with Crippen molar-refractivity contribution in [2.45, 2.75) is 13.8 Å². The van der Waals surface area contributed by atoms with E-state index in [4.69, 9.17) is 10.2 Å². The minimum atomic E-state index is -1.05. The maximum Gasteiger partial charge on any atom is 0.331 e. The van der Waals surface area contributed by atoms with Crippen LogP contribution in [0.15, 0.2) is 23.3 Å². The molecular formula is C8H10O4. The molecule has 0 saturated heterocycles. The molecule has 0 aliphatic carbocycles. The molecular weight excluding hydrogens is 160 g/mol. The van der Waals surface area contributed by atoms with Crippen LogP contribution < -0.4 is 0 Å². The minimum Gasteiger partial charge on any atom is -0.478 e. The van der Waals surface area contributed by atoms with Gasteiger partial charge in [0.15, 0.2) is 0 Å². The fourth-order valence-electron chi connectivity index (χ4n) is 0.393. The Morgan fingerprint density at radius 1 is 0.917 bits per heavy atom. The molecule has 0 aliphatic heterocycles. The molecule has 0 radical (unpaired) electrons. The van der Waals surface area contributed by atoms with E-state index in [1.54, 1.807) is 0 Å². The number of carbonyl (C=O) groups is 2. The summed E-state index contributed by atoms with van der Waals surface area (Å²) in [6, 6.07) is 0. The summed E-state index contributed by atoms with van der Waals surface area (Å²) in [7, 11) is 0. The van der Waals surface area contributed by atoms with Crippen molar-refractivity contribution in [1.29, 1.82) is 0 Å². The van der Waals surface area contributed by atoms with Gasteiger partial charge >= 0.3 is 11.9 Å². The Balaban J connectivity index is 4.48. The SMILES string of the molecule is C/C(=C/C=C(\C)C(=O)O)C(=O)O. The van der Waals surface area contributed by atoms with Gasteiger partial charge < -0.3 is 10.2 Å². The van der Waals surface area contributed by atoms with E-state index < -0.39 is 11.9 Å². The number of carboxylic acid groups (broad SMARTS) is 2. The summed E-state index contributed by atoms with van der Waals surface area (Å²) in [6.45, 7) is 2.79. The topological polar surface area (TPSA) is 74.6 Å². The highest BCUT2D eigenvalue weighted by atomic mass is 16.4. The molecule has 0 aliphatic rings. The van der Waals surface area contributed by atoms with Gasteiger partial charge in [0.25, 0.3) is 0 Å². The molecule has 0 fully saturated rings. The summed E-state index contributed by atoms with van der Waals surface area (Å²) >= 11 is 0. The zero-order chi connectivity index (χ0) is 9.72. The molecule has 0 aromatic carbocycles. The fraction of sp³-hybridized carbons (Fsp3) is 0.250. The molecule has 0 rings (SSSR count). The van der Waals surface area contributed by atoms with Gasteiger partial charge in [-0.1, -0.05) is 12.2 Å². The lowest BCUT2D eigenvalue weighted by molar-refractivity contribution is -0.133. The smallest absolute Gasteiger partial charge is 0.331 e. The van der Waals surface area contributed by atoms with E-state index in [9.17, 15) is 9.59 Å². The molecule has 0 spiro atoms. The predicted molar refractivity (Wildman–Crippen MR) is 42.8 cm³/mol. The molecule has 4 nitrogen and oxygen atoms in total. The Bertz CT molecular complexity index is 232. The van der Waals surface area contributed by atoms with Crippen molar-refractivity contribution < 1.29 is 19.8 Å². The number of hydrogen-bond acceptors (Lipinski definition) is 2. The van der Waals surface area contributed by atoms with Crippen molar-refractivity contribution in [1.82, 2.24) is 0 Å². The van der Waals surface area contributed by atoms with Crippen LogP contribution in [0.2, 0.25) is 0 Å². The molecule has 66 valence electrons. The summed E-state index contributed by atoms with van der Waals surface area (Å²) in [6.07, 6.45) is 2.51. The Kier molecular flexibility index (Phi) is 3.76. The second-order valence-electron chi connectivity index (χ2n) is 2.31. The third-order valence-electron chi connectivity index (χ3n) is 1.26. The molecule has 0 aromatic rings. The monoisotopic (exact) mass is 170 g/mol. The van der Waals surface area contributed by atoms with Crippen LogP contribution in [-0.2, 0) is 9.59 Å². The second kappa shape index (κ2) is 4.33. The number of allylic oxidation sites excluding steroid dienone is 2. The molecule has 12 heavy (non-hydrogen) atoms. The van der Waals surface area contributed by atoms with Crippen molar-refractivity contribution in [3.63, 3.8) is 0 Å². The second-order valence-corrected chi connectivity index (χ2v) is 2.31. The number of aliphatic carboxylic acids is 2. The van der Waals surface area contributed by atoms with E-state index in [0.29, 0.717) is 0 Å². The van der Waals surface area contributed by atoms with Crippen LogP contribution in [0.1, 0.15) is 13.8 Å². The molecule has 2 N–H and O–H groups in total. The van der Waals surface area contributed by atoms with Gasteiger partial charge in [0.1, 0.15) is 0 Å². The van der Waals surface area contributed by atoms with Gasteiger partial charge in [-0.2, -0.15) is 0 Å². The van der Waals surface area contributed by atoms with Crippen molar-refractivity contribution in [2.24, 2.45) is 0 Å². The largest absolute Gasteiger partial charge is 0.478 e. The van der Waals surface area contributed by atoms with E-state index >= 15 is 0 Å². The highest BCUT2D eigenvalue weighted by Crippen LogP contribution is 1.97. The first-order valence-corrected chi connectivity index (χ1v) is 3.27. The van der Waals surface area contributed by atoms with Gasteiger partial charge in [-0.15, -0.1) is 0 Å². The number of carboxylic acids is 2. The first-order chi connectivity index (χ1) is 5.45. The molecule has 0 aromatic heterocycles. The third-order valence-corrected chi connectivity index (χ3v) is 1.26. The highest BCUT2D eigenvalue weighted by Gasteiger charge is 1.99. The Morgan fingerprint density at radius 2 is 1.17 bits per heavy atom. The van der Waals surface area contributed by atoms with Crippen LogP contribution in [0, 0.1) is 0 Å². The summed E-state index contributed by atoms with van der Waals surface area (Å²) in [5.74, 6) is -2.10. The first-order valence-electron chi connectivity index (χ1n) is 3.27. The predicted octanol–water partition coefficient (Wildman–Crippen LogP) is 1.05. The van der Waals surface area contributed by atoms with E-state index in [1.165, 1.54) is 26.0 Å². The van der Waals surface area contributed by atoms with Crippen LogP contribution in [0.3, 0.4) is 0 Å². The highest BCUT2D eigenvalue weighted by molar-refractivity contribution is 5.88. The molecule has 0 unspecified atom stereocenters. The molecule has 0 amide bonds. The average Bonchev–Trinajstić information content (AvgIpc) is 1.98. The first kappa shape index (κ1) is 10.4. The molecule has 4 heteroatoms. The van der Waals surface area contributed by atoms with Crippen LogP contribution in [0.4, 0.5) is 0 Å². The van der Waals surface area contributed by atoms with Crippen molar-refractivity contribution >= 4 is 11.9 Å². The van der Waals surface area contributed by atoms with Crippen LogP contribution >= 0.6 is 0 Å². The normalized spacial score (nSPS) is 12.8. The lowest BCUT2D eigenvalue weighted by Gasteiger charge is -1.90. The Labute approximate surface area is 69.8 Å². The van der Waals surface area contributed by atoms with Gasteiger partial charge in [0.2, 0.25) is 0 Å². The van der Waals surface area contributed by atoms with Crippen LogP contribution in [-0.4, -0.2) is 22.2 Å². The zero-order valence-corrected chi connectivity index (χ0v) is 6.87. The Morgan fingerprint density at radius 3 is 1.33 bits per heavy atom. The molecule has 0 heterocycles. The van der Waals surface area contributed by atoms with Crippen molar-refractivity contribution in [3.8, 4) is 0 Å². The van der Waals surface area contributed by atoms with E-state index in [2.05, 4.69) is 0 Å². The van der Waals surface area contributed by atoms with Crippen LogP contribution in [0.5, 0.6) is 0 Å². The summed E-state index contributed by atoms with van der Waals surface area (Å²) in [5, 5.41) is 16.8. The minimum absolute atomic E-state index is 0.107. The van der Waals surface area contributed by atoms with Crippen molar-refractivity contribution in [3.05, 3.63) is 23.3 Å². The lowest BCUT2D eigenvalue weighted by atomic mass is 10.2. The summed E-state index contributed by atoms with van der Waals surface area (Å²) < 4.78 is 0. The van der Waals surface area contributed by atoms with E-state index in [-0.39, 0.29) is 11.1 Å². The van der Waals surface area contributed by atoms with Crippen molar-refractivity contribution in [2.75, 3.05) is 0 Å². The third kappa shape index (κ3) is 3.55. The standard InChI is InChI=1S/C8H10O4/c1-5(7(9)10)3-4-6(2)8(11)12/h3-4H,1-2H3,(H,9,10)(H,11,12)/b5-3-,6-4+. The molecule has 0 atom stereocenters. The maximum atomic E-state index is 10.2. The maximum absolute atomic E-state index is 10.2. The molecule has 0 bridgehead atoms. The quantitative estimate of drug-likeness (QED) is 0.490. The number of hydrogen-bond donors (Lipinski definition) is 2. The zero-order valence-electron chi connectivity index (χ0n) is 6.87. The van der Waals surface area contributed by atoms with Gasteiger partial charge in [0.05, 0.1) is 0 Å². The molecule has 0 saturated carbocycles. The van der Waals surface area contributed by atoms with Gasteiger partial charge in [0, 0.05) is 11.1 Å². The van der Waals surface area contributed by atoms with E-state index in [1.807, 2.05) is 0 Å².